The Morgan fingerprint density at radius 2 is 1.93 bits per heavy atom. The van der Waals surface area contributed by atoms with Gasteiger partial charge in [0.15, 0.2) is 0 Å². The normalized spacial score (nSPS) is 13.8. The van der Waals surface area contributed by atoms with Crippen LogP contribution in [0.1, 0.15) is 13.8 Å². The quantitative estimate of drug-likeness (QED) is 0.739. The highest BCUT2D eigenvalue weighted by atomic mass is 14.7. The first-order chi connectivity index (χ1) is 6.49. The standard InChI is InChI=1S/C13H17N/c1-11-7-4-5-8-12(11)9-6-10-13(2,3)14/h4-10H,1,14H2,2-3H3/b10-6-,12-9-. The van der Waals surface area contributed by atoms with Gasteiger partial charge in [-0.15, -0.1) is 0 Å². The Morgan fingerprint density at radius 3 is 2.50 bits per heavy atom. The Kier molecular flexibility index (Phi) is 3.26. The molecule has 1 aromatic rings. The molecule has 2 N–H and O–H groups in total. The molecule has 0 saturated carbocycles. The summed E-state index contributed by atoms with van der Waals surface area (Å²) >= 11 is 0. The van der Waals surface area contributed by atoms with Crippen LogP contribution in [0.2, 0.25) is 0 Å². The van der Waals surface area contributed by atoms with Crippen LogP contribution in [0.25, 0.3) is 12.7 Å². The van der Waals surface area contributed by atoms with E-state index in [1.807, 2.05) is 56.3 Å². The van der Waals surface area contributed by atoms with Crippen LogP contribution < -0.4 is 16.2 Å². The van der Waals surface area contributed by atoms with Crippen molar-refractivity contribution in [1.29, 1.82) is 0 Å². The van der Waals surface area contributed by atoms with Gasteiger partial charge in [-0.1, -0.05) is 49.1 Å². The molecule has 1 nitrogen and oxygen atoms in total. The first-order valence-electron chi connectivity index (χ1n) is 4.71. The van der Waals surface area contributed by atoms with Crippen molar-refractivity contribution in [2.75, 3.05) is 0 Å². The summed E-state index contributed by atoms with van der Waals surface area (Å²) in [4.78, 5) is 0. The zero-order valence-electron chi connectivity index (χ0n) is 8.83. The molecule has 0 aliphatic carbocycles. The highest BCUT2D eigenvalue weighted by molar-refractivity contribution is 5.38. The van der Waals surface area contributed by atoms with Gasteiger partial charge in [0.2, 0.25) is 0 Å². The summed E-state index contributed by atoms with van der Waals surface area (Å²) in [5, 5.41) is 2.17. The van der Waals surface area contributed by atoms with Crippen LogP contribution in [-0.4, -0.2) is 5.54 Å². The molecule has 0 amide bonds. The van der Waals surface area contributed by atoms with E-state index in [-0.39, 0.29) is 5.54 Å². The molecule has 0 aromatic heterocycles. The molecule has 0 heterocycles. The molecular formula is C13H17N. The van der Waals surface area contributed by atoms with Crippen molar-refractivity contribution in [3.8, 4) is 0 Å². The maximum absolute atomic E-state index is 5.82. The van der Waals surface area contributed by atoms with Gasteiger partial charge in [0.1, 0.15) is 0 Å². The average molecular weight is 187 g/mol. The first-order valence-corrected chi connectivity index (χ1v) is 4.71. The summed E-state index contributed by atoms with van der Waals surface area (Å²) in [5.74, 6) is 0. The van der Waals surface area contributed by atoms with Crippen LogP contribution in [0.3, 0.4) is 0 Å². The smallest absolute Gasteiger partial charge is 0.0284 e. The van der Waals surface area contributed by atoms with Gasteiger partial charge in [-0.2, -0.15) is 0 Å². The van der Waals surface area contributed by atoms with E-state index in [9.17, 15) is 0 Å². The molecule has 1 heteroatoms. The van der Waals surface area contributed by atoms with Crippen molar-refractivity contribution >= 4 is 12.7 Å². The maximum atomic E-state index is 5.82. The molecule has 0 atom stereocenters. The lowest BCUT2D eigenvalue weighted by Gasteiger charge is -2.10. The fraction of sp³-hybridized carbons (Fsp3) is 0.231. The molecule has 0 aliphatic heterocycles. The molecule has 0 radical (unpaired) electrons. The van der Waals surface area contributed by atoms with Crippen LogP contribution >= 0.6 is 0 Å². The summed E-state index contributed by atoms with van der Waals surface area (Å²) in [5.41, 5.74) is 5.56. The summed E-state index contributed by atoms with van der Waals surface area (Å²) in [7, 11) is 0. The number of benzene rings is 1. The molecule has 1 rings (SSSR count). The molecular weight excluding hydrogens is 170 g/mol. The number of rotatable bonds is 2. The lowest BCUT2D eigenvalue weighted by atomic mass is 10.1. The highest BCUT2D eigenvalue weighted by Crippen LogP contribution is 1.97. The largest absolute Gasteiger partial charge is 0.322 e. The predicted octanol–water partition coefficient (Wildman–Crippen LogP) is 1.17. The van der Waals surface area contributed by atoms with Gasteiger partial charge in [-0.05, 0) is 24.3 Å². The fourth-order valence-corrected chi connectivity index (χ4v) is 1.10. The lowest BCUT2D eigenvalue weighted by molar-refractivity contribution is 0.655. The fourth-order valence-electron chi connectivity index (χ4n) is 1.10. The Balaban J connectivity index is 2.97. The third-order valence-electron chi connectivity index (χ3n) is 1.86. The molecule has 74 valence electrons. The number of nitrogens with two attached hydrogens (primary N) is 1. The monoisotopic (exact) mass is 187 g/mol. The minimum atomic E-state index is -0.257. The second-order valence-electron chi connectivity index (χ2n) is 4.05. The van der Waals surface area contributed by atoms with E-state index in [2.05, 4.69) is 6.58 Å². The first kappa shape index (κ1) is 10.7. The zero-order chi connectivity index (χ0) is 10.6. The molecule has 0 spiro atoms. The molecule has 0 fully saturated rings. The van der Waals surface area contributed by atoms with Crippen LogP contribution in [0, 0.1) is 0 Å². The van der Waals surface area contributed by atoms with E-state index in [1.54, 1.807) is 0 Å². The van der Waals surface area contributed by atoms with Crippen LogP contribution in [-0.2, 0) is 0 Å². The van der Waals surface area contributed by atoms with E-state index >= 15 is 0 Å². The molecule has 0 saturated heterocycles. The van der Waals surface area contributed by atoms with Crippen molar-refractivity contribution in [2.24, 2.45) is 5.73 Å². The van der Waals surface area contributed by atoms with Crippen molar-refractivity contribution in [1.82, 2.24) is 0 Å². The van der Waals surface area contributed by atoms with E-state index in [4.69, 9.17) is 5.73 Å². The summed E-state index contributed by atoms with van der Waals surface area (Å²) < 4.78 is 0. The third-order valence-corrected chi connectivity index (χ3v) is 1.86. The second kappa shape index (κ2) is 4.25. The van der Waals surface area contributed by atoms with E-state index < -0.39 is 0 Å². The molecule has 14 heavy (non-hydrogen) atoms. The maximum Gasteiger partial charge on any atom is 0.0284 e. The second-order valence-corrected chi connectivity index (χ2v) is 4.05. The Bertz CT molecular complexity index is 421. The van der Waals surface area contributed by atoms with Gasteiger partial charge in [-0.25, -0.2) is 0 Å². The number of allylic oxidation sites excluding steroid dienone is 1. The van der Waals surface area contributed by atoms with Gasteiger partial charge in [0.25, 0.3) is 0 Å². The summed E-state index contributed by atoms with van der Waals surface area (Å²) in [6, 6.07) is 8.02. The Labute approximate surface area is 85.3 Å². The van der Waals surface area contributed by atoms with Gasteiger partial charge < -0.3 is 5.73 Å². The van der Waals surface area contributed by atoms with Crippen molar-refractivity contribution < 1.29 is 0 Å². The van der Waals surface area contributed by atoms with Gasteiger partial charge in [0.05, 0.1) is 0 Å². The highest BCUT2D eigenvalue weighted by Gasteiger charge is 2.01. The zero-order valence-corrected chi connectivity index (χ0v) is 8.83. The molecule has 0 bridgehead atoms. The molecule has 1 aromatic carbocycles. The number of hydrogen-bond donors (Lipinski definition) is 1. The third kappa shape index (κ3) is 3.58. The minimum absolute atomic E-state index is 0.257. The van der Waals surface area contributed by atoms with Gasteiger partial charge in [-0.3, -0.25) is 0 Å². The van der Waals surface area contributed by atoms with Crippen molar-refractivity contribution in [2.45, 2.75) is 19.4 Å². The lowest BCUT2D eigenvalue weighted by Crippen LogP contribution is -2.28. The number of hydrogen-bond acceptors (Lipinski definition) is 1. The van der Waals surface area contributed by atoms with Crippen molar-refractivity contribution in [3.63, 3.8) is 0 Å². The van der Waals surface area contributed by atoms with E-state index in [0.717, 1.165) is 10.4 Å². The van der Waals surface area contributed by atoms with Crippen LogP contribution in [0.15, 0.2) is 36.4 Å². The van der Waals surface area contributed by atoms with E-state index in [0.29, 0.717) is 0 Å². The Hall–Kier alpha value is -1.34. The minimum Gasteiger partial charge on any atom is -0.322 e. The summed E-state index contributed by atoms with van der Waals surface area (Å²) in [6.45, 7) is 7.87. The molecule has 0 unspecified atom stereocenters. The average Bonchev–Trinajstić information content (AvgIpc) is 2.06. The Morgan fingerprint density at radius 1 is 1.29 bits per heavy atom. The predicted molar refractivity (Wildman–Crippen MR) is 63.1 cm³/mol. The van der Waals surface area contributed by atoms with E-state index in [1.165, 1.54) is 0 Å². The van der Waals surface area contributed by atoms with Gasteiger partial charge in [0, 0.05) is 5.54 Å². The topological polar surface area (TPSA) is 26.0 Å². The van der Waals surface area contributed by atoms with Crippen molar-refractivity contribution in [3.05, 3.63) is 46.9 Å². The molecule has 0 aliphatic rings. The van der Waals surface area contributed by atoms with Gasteiger partial charge >= 0.3 is 0 Å². The van der Waals surface area contributed by atoms with Crippen LogP contribution in [0.5, 0.6) is 0 Å². The van der Waals surface area contributed by atoms with Crippen LogP contribution in [0.4, 0.5) is 0 Å². The summed E-state index contributed by atoms with van der Waals surface area (Å²) in [6.07, 6.45) is 5.97. The SMILES string of the molecule is C=c1cccc/c1=C/C=C\C(C)(C)N.